The van der Waals surface area contributed by atoms with E-state index in [1.807, 2.05) is 12.1 Å². The van der Waals surface area contributed by atoms with E-state index < -0.39 is 11.3 Å². The first-order chi connectivity index (χ1) is 14.0. The van der Waals surface area contributed by atoms with E-state index >= 15 is 0 Å². The molecular formula is C19H16N4O4S2. The molecule has 0 spiro atoms. The third-order valence-electron chi connectivity index (χ3n) is 4.19. The molecule has 2 aromatic heterocycles. The first kappa shape index (κ1) is 19.1. The second kappa shape index (κ2) is 8.03. The number of thiophene rings is 1. The Balaban J connectivity index is 1.44. The number of rotatable bonds is 6. The molecule has 0 saturated carbocycles. The van der Waals surface area contributed by atoms with Crippen molar-refractivity contribution in [1.82, 2.24) is 10.3 Å². The van der Waals surface area contributed by atoms with Crippen molar-refractivity contribution >= 4 is 51.1 Å². The third-order valence-corrected chi connectivity index (χ3v) is 5.60. The molecule has 1 unspecified atom stereocenters. The van der Waals surface area contributed by atoms with Crippen molar-refractivity contribution in [3.05, 3.63) is 70.4 Å². The number of hydrogen-bond acceptors (Lipinski definition) is 5. The Morgan fingerprint density at radius 1 is 1.28 bits per heavy atom. The summed E-state index contributed by atoms with van der Waals surface area (Å²) in [5, 5.41) is 11.4. The van der Waals surface area contributed by atoms with Gasteiger partial charge in [0.25, 0.3) is 23.1 Å². The number of anilines is 1. The molecule has 1 aliphatic rings. The molecule has 4 rings (SSSR count). The summed E-state index contributed by atoms with van der Waals surface area (Å²) in [6.07, 6.45) is 3.54. The fraction of sp³-hybridized carbons (Fsp3) is 0.0526. The number of nitrogens with one attached hydrogen (secondary N) is 3. The smallest absolute Gasteiger partial charge is 0.285 e. The molecule has 10 heteroatoms. The number of aromatic nitrogens is 1. The maximum absolute atomic E-state index is 12.5. The first-order valence-electron chi connectivity index (χ1n) is 8.52. The van der Waals surface area contributed by atoms with Crippen molar-refractivity contribution in [2.45, 2.75) is 6.54 Å². The topological polar surface area (TPSA) is 126 Å². The Bertz CT molecular complexity index is 1120. The summed E-state index contributed by atoms with van der Waals surface area (Å²) in [5.41, 5.74) is 2.89. The van der Waals surface area contributed by atoms with E-state index in [1.54, 1.807) is 42.6 Å². The number of nitrogens with two attached hydrogens (primary N) is 1. The van der Waals surface area contributed by atoms with Crippen LogP contribution in [0, 0.1) is 0 Å². The lowest BCUT2D eigenvalue weighted by Crippen LogP contribution is -2.21. The van der Waals surface area contributed by atoms with Gasteiger partial charge in [0.2, 0.25) is 0 Å². The summed E-state index contributed by atoms with van der Waals surface area (Å²) in [6, 6.07) is 12.2. The van der Waals surface area contributed by atoms with Crippen LogP contribution in [0.3, 0.4) is 0 Å². The first-order valence-corrected chi connectivity index (χ1v) is 10.5. The van der Waals surface area contributed by atoms with Gasteiger partial charge in [-0.15, -0.1) is 11.3 Å². The van der Waals surface area contributed by atoms with Gasteiger partial charge in [0.05, 0.1) is 10.5 Å². The van der Waals surface area contributed by atoms with Gasteiger partial charge >= 0.3 is 0 Å². The summed E-state index contributed by atoms with van der Waals surface area (Å²) in [5.74, 6) is -0.0393. The number of aromatic amines is 1. The van der Waals surface area contributed by atoms with Crippen LogP contribution in [0.1, 0.15) is 26.5 Å². The summed E-state index contributed by atoms with van der Waals surface area (Å²) < 4.78 is 15.7. The molecule has 1 aromatic carbocycles. The van der Waals surface area contributed by atoms with Crippen molar-refractivity contribution in [3.63, 3.8) is 0 Å². The average molecular weight is 428 g/mol. The molecule has 1 aliphatic heterocycles. The van der Waals surface area contributed by atoms with Crippen LogP contribution in [-0.2, 0) is 22.6 Å². The van der Waals surface area contributed by atoms with Gasteiger partial charge in [-0.3, -0.25) is 9.59 Å². The van der Waals surface area contributed by atoms with Crippen LogP contribution in [-0.4, -0.2) is 21.0 Å². The number of hydrogen-bond donors (Lipinski definition) is 4. The number of fused-ring (bicyclic) bond motifs is 1. The van der Waals surface area contributed by atoms with Crippen LogP contribution in [0.4, 0.5) is 5.00 Å². The summed E-state index contributed by atoms with van der Waals surface area (Å²) in [7, 11) is 0. The van der Waals surface area contributed by atoms with E-state index in [-0.39, 0.29) is 11.8 Å². The Kier molecular flexibility index (Phi) is 5.30. The minimum Gasteiger partial charge on any atom is -0.389 e. The summed E-state index contributed by atoms with van der Waals surface area (Å²) in [4.78, 5) is 28.2. The number of amides is 2. The highest BCUT2D eigenvalue weighted by atomic mass is 32.2. The van der Waals surface area contributed by atoms with Crippen molar-refractivity contribution in [3.8, 4) is 5.75 Å². The lowest BCUT2D eigenvalue weighted by atomic mass is 10.1. The van der Waals surface area contributed by atoms with Crippen LogP contribution in [0.25, 0.3) is 11.6 Å². The zero-order valence-corrected chi connectivity index (χ0v) is 16.6. The normalized spacial score (nSPS) is 15.1. The molecule has 5 N–H and O–H groups in total. The molecule has 0 saturated heterocycles. The molecule has 8 nitrogen and oxygen atoms in total. The highest BCUT2D eigenvalue weighted by Gasteiger charge is 2.28. The molecular weight excluding hydrogens is 412 g/mol. The number of benzene rings is 1. The molecule has 0 fully saturated rings. The second-order valence-corrected chi connectivity index (χ2v) is 7.90. The van der Waals surface area contributed by atoms with E-state index in [4.69, 9.17) is 9.32 Å². The molecule has 0 bridgehead atoms. The molecule has 148 valence electrons. The zero-order chi connectivity index (χ0) is 20.4. The number of carbonyl (C=O) groups is 2. The number of H-pyrrole nitrogens is 1. The lowest BCUT2D eigenvalue weighted by molar-refractivity contribution is -0.110. The largest absolute Gasteiger partial charge is 0.389 e. The third kappa shape index (κ3) is 4.29. The average Bonchev–Trinajstić information content (AvgIpc) is 3.39. The highest BCUT2D eigenvalue weighted by Crippen LogP contribution is 2.39. The minimum absolute atomic E-state index is 0.187. The standard InChI is InChI=1S/C19H16N4O4S2/c20-29(26)27-13-5-3-11(4-6-13)10-22-18(25)16-9-15-14(8-12-2-1-7-21-12)17(24)23-19(15)28-16/h1-9,21H,10,20H2,(H,22,25)(H,23,24). The number of carbonyl (C=O) groups excluding carboxylic acids is 2. The molecule has 1 atom stereocenters. The van der Waals surface area contributed by atoms with Crippen LogP contribution < -0.4 is 20.0 Å². The van der Waals surface area contributed by atoms with Gasteiger partial charge in [0.15, 0.2) is 0 Å². The fourth-order valence-electron chi connectivity index (χ4n) is 2.85. The predicted molar refractivity (Wildman–Crippen MR) is 112 cm³/mol. The van der Waals surface area contributed by atoms with Gasteiger partial charge in [-0.1, -0.05) is 12.1 Å². The molecule has 0 radical (unpaired) electrons. The van der Waals surface area contributed by atoms with Gasteiger partial charge in [-0.25, -0.2) is 5.14 Å². The Labute approximate surface area is 172 Å². The zero-order valence-electron chi connectivity index (χ0n) is 14.9. The second-order valence-electron chi connectivity index (χ2n) is 6.16. The monoisotopic (exact) mass is 428 g/mol. The van der Waals surface area contributed by atoms with E-state index in [9.17, 15) is 13.8 Å². The molecule has 3 aromatic rings. The van der Waals surface area contributed by atoms with E-state index in [0.29, 0.717) is 27.7 Å². The maximum Gasteiger partial charge on any atom is 0.285 e. The van der Waals surface area contributed by atoms with E-state index in [2.05, 4.69) is 15.6 Å². The highest BCUT2D eigenvalue weighted by molar-refractivity contribution is 7.78. The van der Waals surface area contributed by atoms with Crippen LogP contribution >= 0.6 is 11.3 Å². The minimum atomic E-state index is -1.88. The van der Waals surface area contributed by atoms with Crippen molar-refractivity contribution in [1.29, 1.82) is 0 Å². The van der Waals surface area contributed by atoms with E-state index in [1.165, 1.54) is 11.3 Å². The summed E-state index contributed by atoms with van der Waals surface area (Å²) in [6.45, 7) is 0.310. The molecule has 29 heavy (non-hydrogen) atoms. The van der Waals surface area contributed by atoms with Crippen molar-refractivity contribution in [2.24, 2.45) is 5.14 Å². The van der Waals surface area contributed by atoms with Gasteiger partial charge in [0.1, 0.15) is 10.8 Å². The Morgan fingerprint density at radius 2 is 2.07 bits per heavy atom. The van der Waals surface area contributed by atoms with Gasteiger partial charge in [-0.05, 0) is 42.0 Å². The molecule has 3 heterocycles. The molecule has 2 amide bonds. The molecule has 0 aliphatic carbocycles. The van der Waals surface area contributed by atoms with Gasteiger partial charge in [-0.2, -0.15) is 4.21 Å². The summed E-state index contributed by atoms with van der Waals surface area (Å²) >= 11 is -0.644. The van der Waals surface area contributed by atoms with Crippen LogP contribution in [0.5, 0.6) is 5.75 Å². The van der Waals surface area contributed by atoms with Gasteiger partial charge < -0.3 is 19.8 Å². The Hall–Kier alpha value is -3.21. The quantitative estimate of drug-likeness (QED) is 0.450. The van der Waals surface area contributed by atoms with Crippen molar-refractivity contribution < 1.29 is 18.0 Å². The lowest BCUT2D eigenvalue weighted by Gasteiger charge is -2.05. The predicted octanol–water partition coefficient (Wildman–Crippen LogP) is 2.42. The van der Waals surface area contributed by atoms with Crippen molar-refractivity contribution in [2.75, 3.05) is 5.32 Å². The Morgan fingerprint density at radius 3 is 2.76 bits per heavy atom. The van der Waals surface area contributed by atoms with Crippen LogP contribution in [0.2, 0.25) is 0 Å². The fourth-order valence-corrected chi connectivity index (χ4v) is 4.13. The van der Waals surface area contributed by atoms with Crippen LogP contribution in [0.15, 0.2) is 48.7 Å². The van der Waals surface area contributed by atoms with E-state index in [0.717, 1.165) is 16.8 Å². The SMILES string of the molecule is NS(=O)Oc1ccc(CNC(=O)c2cc3c(s2)NC(=O)C3=Cc2ccc[nH]2)cc1. The maximum atomic E-state index is 12.5. The van der Waals surface area contributed by atoms with Gasteiger partial charge in [0, 0.05) is 24.0 Å².